The van der Waals surface area contributed by atoms with Crippen molar-refractivity contribution in [2.75, 3.05) is 18.5 Å². The van der Waals surface area contributed by atoms with Gasteiger partial charge in [-0.05, 0) is 74.2 Å². The fourth-order valence-corrected chi connectivity index (χ4v) is 3.30. The number of carbonyl (C=O) groups is 2. The summed E-state index contributed by atoms with van der Waals surface area (Å²) in [6.07, 6.45) is 3.23. The van der Waals surface area contributed by atoms with Gasteiger partial charge in [-0.1, -0.05) is 26.0 Å². The summed E-state index contributed by atoms with van der Waals surface area (Å²) in [5, 5.41) is 5.82. The van der Waals surface area contributed by atoms with Crippen LogP contribution in [0.1, 0.15) is 71.7 Å². The zero-order valence-electron chi connectivity index (χ0n) is 20.1. The first-order valence-corrected chi connectivity index (χ1v) is 11.6. The first-order chi connectivity index (χ1) is 16.4. The Balaban J connectivity index is 1.73. The largest absolute Gasteiger partial charge is 0.490 e. The zero-order valence-corrected chi connectivity index (χ0v) is 20.1. The molecule has 0 fully saturated rings. The average molecular weight is 465 g/mol. The third kappa shape index (κ3) is 6.41. The van der Waals surface area contributed by atoms with Gasteiger partial charge in [0.1, 0.15) is 0 Å². The standard InChI is InChI=1S/C27H32N2O5/c1-5-13-32-23-12-11-20(17-25(23)33-14-6-2)19(4)28-26(30)21-10-9-18(3)22(16-21)29-27(31)24-8-7-15-34-24/h7-12,15-17,19H,5-6,13-14H2,1-4H3,(H,28,30)(H,29,31). The molecule has 0 bridgehead atoms. The van der Waals surface area contributed by atoms with Crippen LogP contribution in [0.4, 0.5) is 5.69 Å². The van der Waals surface area contributed by atoms with Gasteiger partial charge in [-0.2, -0.15) is 0 Å². The molecule has 34 heavy (non-hydrogen) atoms. The van der Waals surface area contributed by atoms with Gasteiger partial charge < -0.3 is 24.5 Å². The van der Waals surface area contributed by atoms with E-state index in [9.17, 15) is 9.59 Å². The smallest absolute Gasteiger partial charge is 0.291 e. The molecule has 0 aliphatic heterocycles. The summed E-state index contributed by atoms with van der Waals surface area (Å²) in [5.74, 6) is 0.961. The first kappa shape index (κ1) is 24.9. The molecule has 7 heteroatoms. The van der Waals surface area contributed by atoms with E-state index in [-0.39, 0.29) is 23.6 Å². The van der Waals surface area contributed by atoms with Crippen LogP contribution in [0.15, 0.2) is 59.2 Å². The van der Waals surface area contributed by atoms with E-state index in [1.165, 1.54) is 6.26 Å². The Bertz CT molecular complexity index is 1110. The van der Waals surface area contributed by atoms with Crippen LogP contribution in [0.3, 0.4) is 0 Å². The lowest BCUT2D eigenvalue weighted by atomic mass is 10.1. The third-order valence-electron chi connectivity index (χ3n) is 5.23. The van der Waals surface area contributed by atoms with Gasteiger partial charge in [-0.15, -0.1) is 0 Å². The number of hydrogen-bond donors (Lipinski definition) is 2. The van der Waals surface area contributed by atoms with Crippen LogP contribution in [0.25, 0.3) is 0 Å². The van der Waals surface area contributed by atoms with Gasteiger partial charge >= 0.3 is 0 Å². The summed E-state index contributed by atoms with van der Waals surface area (Å²) in [4.78, 5) is 25.3. The highest BCUT2D eigenvalue weighted by Gasteiger charge is 2.17. The lowest BCUT2D eigenvalue weighted by molar-refractivity contribution is 0.0938. The van der Waals surface area contributed by atoms with E-state index in [0.29, 0.717) is 36.0 Å². The molecule has 2 N–H and O–H groups in total. The molecule has 1 heterocycles. The number of aryl methyl sites for hydroxylation is 1. The zero-order chi connectivity index (χ0) is 24.5. The number of amides is 2. The molecule has 3 aromatic rings. The number of ether oxygens (including phenoxy) is 2. The maximum absolute atomic E-state index is 13.0. The summed E-state index contributed by atoms with van der Waals surface area (Å²) < 4.78 is 16.8. The second-order valence-electron chi connectivity index (χ2n) is 8.06. The molecule has 0 radical (unpaired) electrons. The van der Waals surface area contributed by atoms with Crippen LogP contribution in [-0.2, 0) is 0 Å². The third-order valence-corrected chi connectivity index (χ3v) is 5.23. The van der Waals surface area contributed by atoms with Crippen LogP contribution in [-0.4, -0.2) is 25.0 Å². The fraction of sp³-hybridized carbons (Fsp3) is 0.333. The molecule has 1 atom stereocenters. The minimum absolute atomic E-state index is 0.204. The normalized spacial score (nSPS) is 11.5. The van der Waals surface area contributed by atoms with Crippen molar-refractivity contribution in [2.45, 2.75) is 46.6 Å². The van der Waals surface area contributed by atoms with Crippen LogP contribution in [0, 0.1) is 6.92 Å². The Morgan fingerprint density at radius 2 is 1.68 bits per heavy atom. The van der Waals surface area contributed by atoms with Crippen molar-refractivity contribution >= 4 is 17.5 Å². The lowest BCUT2D eigenvalue weighted by Crippen LogP contribution is -2.27. The SMILES string of the molecule is CCCOc1ccc(C(C)NC(=O)c2ccc(C)c(NC(=O)c3ccco3)c2)cc1OCCC. The van der Waals surface area contributed by atoms with Crippen molar-refractivity contribution in [3.05, 3.63) is 77.2 Å². The van der Waals surface area contributed by atoms with E-state index >= 15 is 0 Å². The van der Waals surface area contributed by atoms with Crippen LogP contribution < -0.4 is 20.1 Å². The van der Waals surface area contributed by atoms with Crippen LogP contribution >= 0.6 is 0 Å². The number of hydrogen-bond acceptors (Lipinski definition) is 5. The van der Waals surface area contributed by atoms with E-state index in [4.69, 9.17) is 13.9 Å². The van der Waals surface area contributed by atoms with E-state index in [0.717, 1.165) is 24.0 Å². The van der Waals surface area contributed by atoms with E-state index < -0.39 is 0 Å². The molecule has 2 amide bonds. The molecule has 180 valence electrons. The molecule has 7 nitrogen and oxygen atoms in total. The Morgan fingerprint density at radius 1 is 0.941 bits per heavy atom. The predicted molar refractivity (Wildman–Crippen MR) is 132 cm³/mol. The number of anilines is 1. The Labute approximate surface area is 200 Å². The van der Waals surface area contributed by atoms with Crippen molar-refractivity contribution in [3.8, 4) is 11.5 Å². The molecule has 1 unspecified atom stereocenters. The molecule has 1 aromatic heterocycles. The van der Waals surface area contributed by atoms with Gasteiger partial charge in [0, 0.05) is 11.3 Å². The highest BCUT2D eigenvalue weighted by Crippen LogP contribution is 2.31. The van der Waals surface area contributed by atoms with Crippen molar-refractivity contribution in [3.63, 3.8) is 0 Å². The van der Waals surface area contributed by atoms with Crippen LogP contribution in [0.5, 0.6) is 11.5 Å². The number of furan rings is 1. The van der Waals surface area contributed by atoms with E-state index in [1.807, 2.05) is 39.0 Å². The highest BCUT2D eigenvalue weighted by atomic mass is 16.5. The average Bonchev–Trinajstić information content (AvgIpc) is 3.38. The van der Waals surface area contributed by atoms with E-state index in [1.54, 1.807) is 30.3 Å². The quantitative estimate of drug-likeness (QED) is 0.368. The highest BCUT2D eigenvalue weighted by molar-refractivity contribution is 6.04. The van der Waals surface area contributed by atoms with E-state index in [2.05, 4.69) is 17.6 Å². The van der Waals surface area contributed by atoms with Gasteiger partial charge in [0.15, 0.2) is 17.3 Å². The Hall–Kier alpha value is -3.74. The summed E-state index contributed by atoms with van der Waals surface area (Å²) in [5.41, 5.74) is 2.73. The molecule has 0 saturated heterocycles. The minimum Gasteiger partial charge on any atom is -0.490 e. The summed E-state index contributed by atoms with van der Waals surface area (Å²) >= 11 is 0. The van der Waals surface area contributed by atoms with Crippen molar-refractivity contribution < 1.29 is 23.5 Å². The Kier molecular flexibility index (Phi) is 8.73. The summed E-state index contributed by atoms with van der Waals surface area (Å²) in [6, 6.07) is 13.9. The maximum Gasteiger partial charge on any atom is 0.291 e. The number of carbonyl (C=O) groups excluding carboxylic acids is 2. The number of rotatable bonds is 11. The van der Waals surface area contributed by atoms with Crippen molar-refractivity contribution in [1.29, 1.82) is 0 Å². The molecule has 0 saturated carbocycles. The summed E-state index contributed by atoms with van der Waals surface area (Å²) in [6.45, 7) is 9.08. The second-order valence-corrected chi connectivity index (χ2v) is 8.06. The maximum atomic E-state index is 13.0. The molecule has 0 spiro atoms. The lowest BCUT2D eigenvalue weighted by Gasteiger charge is -2.18. The van der Waals surface area contributed by atoms with Crippen molar-refractivity contribution in [1.82, 2.24) is 5.32 Å². The number of nitrogens with one attached hydrogen (secondary N) is 2. The molecule has 0 aliphatic rings. The predicted octanol–water partition coefficient (Wildman–Crippen LogP) is 5.91. The molecular weight excluding hydrogens is 432 g/mol. The Morgan fingerprint density at radius 3 is 2.35 bits per heavy atom. The van der Waals surface area contributed by atoms with Gasteiger partial charge in [-0.3, -0.25) is 9.59 Å². The molecule has 0 aliphatic carbocycles. The first-order valence-electron chi connectivity index (χ1n) is 11.6. The fourth-order valence-electron chi connectivity index (χ4n) is 3.30. The summed E-state index contributed by atoms with van der Waals surface area (Å²) in [7, 11) is 0. The van der Waals surface area contributed by atoms with Crippen molar-refractivity contribution in [2.24, 2.45) is 0 Å². The van der Waals surface area contributed by atoms with Gasteiger partial charge in [-0.25, -0.2) is 0 Å². The molecule has 2 aromatic carbocycles. The minimum atomic E-state index is -0.371. The second kappa shape index (κ2) is 11.9. The van der Waals surface area contributed by atoms with Gasteiger partial charge in [0.05, 0.1) is 25.5 Å². The topological polar surface area (TPSA) is 89.8 Å². The van der Waals surface area contributed by atoms with Crippen LogP contribution in [0.2, 0.25) is 0 Å². The molecular formula is C27H32N2O5. The van der Waals surface area contributed by atoms with Gasteiger partial charge in [0.25, 0.3) is 11.8 Å². The molecule has 3 rings (SSSR count). The van der Waals surface area contributed by atoms with Gasteiger partial charge in [0.2, 0.25) is 0 Å². The monoisotopic (exact) mass is 464 g/mol. The number of benzene rings is 2.